The molecule has 2 rings (SSSR count). The van der Waals surface area contributed by atoms with Gasteiger partial charge in [-0.15, -0.1) is 0 Å². The van der Waals surface area contributed by atoms with E-state index in [2.05, 4.69) is 5.32 Å². The van der Waals surface area contributed by atoms with Gasteiger partial charge in [-0.05, 0) is 43.3 Å². The molecular weight excluding hydrogens is 356 g/mol. The minimum Gasteiger partial charge on any atom is -0.452 e. The highest BCUT2D eigenvalue weighted by Gasteiger charge is 2.20. The average molecular weight is 370 g/mol. The van der Waals surface area contributed by atoms with E-state index in [4.69, 9.17) is 27.9 Å². The Balaban J connectivity index is 1.93. The number of halogens is 3. The molecule has 1 unspecified atom stereocenters. The third-order valence-electron chi connectivity index (χ3n) is 3.17. The van der Waals surface area contributed by atoms with E-state index in [1.807, 2.05) is 0 Å². The molecule has 0 radical (unpaired) electrons. The number of hydrogen-bond acceptors (Lipinski definition) is 3. The number of hydrogen-bond donors (Lipinski definition) is 1. The van der Waals surface area contributed by atoms with E-state index in [1.165, 1.54) is 25.1 Å². The number of amides is 1. The predicted octanol–water partition coefficient (Wildman–Crippen LogP) is 4.25. The van der Waals surface area contributed by atoms with Crippen molar-refractivity contribution in [3.05, 3.63) is 63.9 Å². The molecule has 7 heteroatoms. The van der Waals surface area contributed by atoms with Crippen molar-refractivity contribution in [3.8, 4) is 0 Å². The minimum atomic E-state index is -1.04. The Hall–Kier alpha value is -2.11. The van der Waals surface area contributed by atoms with Crippen LogP contribution in [0.3, 0.4) is 0 Å². The summed E-state index contributed by atoms with van der Waals surface area (Å²) in [5.74, 6) is -1.86. The molecule has 0 aliphatic carbocycles. The summed E-state index contributed by atoms with van der Waals surface area (Å²) in [7, 11) is 0. The van der Waals surface area contributed by atoms with Crippen LogP contribution in [-0.4, -0.2) is 18.0 Å². The molecule has 0 aliphatic heterocycles. The highest BCUT2D eigenvalue weighted by Crippen LogP contribution is 2.20. The fraction of sp³-hybridized carbons (Fsp3) is 0.176. The lowest BCUT2D eigenvalue weighted by atomic mass is 10.1. The molecular formula is C17H14Cl2FNO3. The highest BCUT2D eigenvalue weighted by atomic mass is 35.5. The molecule has 1 atom stereocenters. The summed E-state index contributed by atoms with van der Waals surface area (Å²) < 4.78 is 18.7. The molecule has 1 amide bonds. The van der Waals surface area contributed by atoms with Crippen LogP contribution in [0, 0.1) is 5.82 Å². The van der Waals surface area contributed by atoms with Crippen molar-refractivity contribution >= 4 is 40.8 Å². The molecule has 0 saturated carbocycles. The summed E-state index contributed by atoms with van der Waals surface area (Å²) >= 11 is 11.6. The van der Waals surface area contributed by atoms with E-state index >= 15 is 0 Å². The molecule has 0 saturated heterocycles. The molecule has 24 heavy (non-hydrogen) atoms. The van der Waals surface area contributed by atoms with Gasteiger partial charge in [-0.25, -0.2) is 4.39 Å². The van der Waals surface area contributed by atoms with Crippen LogP contribution in [0.4, 0.5) is 10.1 Å². The zero-order valence-corrected chi connectivity index (χ0v) is 14.2. The zero-order chi connectivity index (χ0) is 17.7. The van der Waals surface area contributed by atoms with Gasteiger partial charge in [0.1, 0.15) is 5.82 Å². The Bertz CT molecular complexity index is 730. The number of rotatable bonds is 5. The van der Waals surface area contributed by atoms with Gasteiger partial charge < -0.3 is 10.1 Å². The molecule has 1 N–H and O–H groups in total. The van der Waals surface area contributed by atoms with Crippen molar-refractivity contribution in [3.63, 3.8) is 0 Å². The quantitative estimate of drug-likeness (QED) is 0.801. The molecule has 0 heterocycles. The van der Waals surface area contributed by atoms with Gasteiger partial charge >= 0.3 is 5.97 Å². The number of nitrogens with one attached hydrogen (secondary N) is 1. The van der Waals surface area contributed by atoms with Crippen molar-refractivity contribution < 1.29 is 18.7 Å². The first-order chi connectivity index (χ1) is 11.4. The van der Waals surface area contributed by atoms with Crippen LogP contribution in [0.1, 0.15) is 12.5 Å². The first-order valence-electron chi connectivity index (χ1n) is 7.05. The maximum Gasteiger partial charge on any atom is 0.311 e. The summed E-state index contributed by atoms with van der Waals surface area (Å²) in [5.41, 5.74) is 0.555. The average Bonchev–Trinajstić information content (AvgIpc) is 2.53. The fourth-order valence-corrected chi connectivity index (χ4v) is 2.27. The summed E-state index contributed by atoms with van der Waals surface area (Å²) in [6.45, 7) is 1.42. The maximum absolute atomic E-state index is 13.6. The van der Waals surface area contributed by atoms with Gasteiger partial charge in [0, 0.05) is 21.3 Å². The topological polar surface area (TPSA) is 55.4 Å². The first-order valence-corrected chi connectivity index (χ1v) is 7.81. The zero-order valence-electron chi connectivity index (χ0n) is 12.7. The van der Waals surface area contributed by atoms with Gasteiger partial charge in [-0.2, -0.15) is 0 Å². The lowest BCUT2D eigenvalue weighted by Crippen LogP contribution is -2.30. The van der Waals surface area contributed by atoms with Gasteiger partial charge in [0.15, 0.2) is 6.10 Å². The number of ether oxygens (including phenoxy) is 1. The Kier molecular flexibility index (Phi) is 6.17. The monoisotopic (exact) mass is 369 g/mol. The van der Waals surface area contributed by atoms with Crippen molar-refractivity contribution in [1.82, 2.24) is 0 Å². The van der Waals surface area contributed by atoms with E-state index in [0.29, 0.717) is 10.7 Å². The van der Waals surface area contributed by atoms with E-state index in [1.54, 1.807) is 24.3 Å². The molecule has 0 fully saturated rings. The molecule has 0 aliphatic rings. The molecule has 4 nitrogen and oxygen atoms in total. The van der Waals surface area contributed by atoms with E-state index < -0.39 is 23.8 Å². The second kappa shape index (κ2) is 8.13. The summed E-state index contributed by atoms with van der Waals surface area (Å²) in [6.07, 6.45) is -1.40. The SMILES string of the molecule is CC(OC(=O)Cc1c(F)cccc1Cl)C(=O)Nc1ccc(Cl)cc1. The van der Waals surface area contributed by atoms with Crippen LogP contribution < -0.4 is 5.32 Å². The number of anilines is 1. The molecule has 2 aromatic carbocycles. The molecule has 2 aromatic rings. The first kappa shape index (κ1) is 18.2. The van der Waals surface area contributed by atoms with Crippen LogP contribution in [0.2, 0.25) is 10.0 Å². The third-order valence-corrected chi connectivity index (χ3v) is 3.78. The van der Waals surface area contributed by atoms with Gasteiger partial charge in [0.25, 0.3) is 5.91 Å². The summed E-state index contributed by atoms with van der Waals surface area (Å²) in [6, 6.07) is 10.6. The number of carbonyl (C=O) groups is 2. The van der Waals surface area contributed by atoms with Crippen LogP contribution in [-0.2, 0) is 20.7 Å². The number of carbonyl (C=O) groups excluding carboxylic acids is 2. The van der Waals surface area contributed by atoms with Crippen molar-refractivity contribution in [2.24, 2.45) is 0 Å². The lowest BCUT2D eigenvalue weighted by Gasteiger charge is -2.14. The van der Waals surface area contributed by atoms with Gasteiger partial charge in [-0.1, -0.05) is 29.3 Å². The van der Waals surface area contributed by atoms with Gasteiger partial charge in [0.2, 0.25) is 0 Å². The van der Waals surface area contributed by atoms with E-state index in [0.717, 1.165) is 0 Å². The predicted molar refractivity (Wildman–Crippen MR) is 90.7 cm³/mol. The number of esters is 1. The van der Waals surface area contributed by atoms with Crippen LogP contribution in [0.5, 0.6) is 0 Å². The third kappa shape index (κ3) is 4.94. The van der Waals surface area contributed by atoms with E-state index in [-0.39, 0.29) is 17.0 Å². The Morgan fingerprint density at radius 3 is 2.46 bits per heavy atom. The molecule has 0 spiro atoms. The Morgan fingerprint density at radius 1 is 1.17 bits per heavy atom. The molecule has 0 aromatic heterocycles. The smallest absolute Gasteiger partial charge is 0.311 e. The maximum atomic E-state index is 13.6. The molecule has 0 bridgehead atoms. The number of benzene rings is 2. The summed E-state index contributed by atoms with van der Waals surface area (Å²) in [5, 5.41) is 3.25. The summed E-state index contributed by atoms with van der Waals surface area (Å²) in [4.78, 5) is 23.9. The standard InChI is InChI=1S/C17H14Cl2FNO3/c1-10(17(23)21-12-7-5-11(18)6-8-12)24-16(22)9-13-14(19)3-2-4-15(13)20/h2-8,10H,9H2,1H3,(H,21,23). The highest BCUT2D eigenvalue weighted by molar-refractivity contribution is 6.31. The van der Waals surface area contributed by atoms with E-state index in [9.17, 15) is 14.0 Å². The minimum absolute atomic E-state index is 0.0366. The van der Waals surface area contributed by atoms with Crippen LogP contribution in [0.25, 0.3) is 0 Å². The van der Waals surface area contributed by atoms with Crippen LogP contribution >= 0.6 is 23.2 Å². The van der Waals surface area contributed by atoms with Gasteiger partial charge in [-0.3, -0.25) is 9.59 Å². The Morgan fingerprint density at radius 2 is 1.83 bits per heavy atom. The van der Waals surface area contributed by atoms with Crippen LogP contribution in [0.15, 0.2) is 42.5 Å². The molecule has 126 valence electrons. The van der Waals surface area contributed by atoms with Gasteiger partial charge in [0.05, 0.1) is 6.42 Å². The van der Waals surface area contributed by atoms with Crippen molar-refractivity contribution in [2.45, 2.75) is 19.4 Å². The fourth-order valence-electron chi connectivity index (χ4n) is 1.92. The van der Waals surface area contributed by atoms with Crippen molar-refractivity contribution in [2.75, 3.05) is 5.32 Å². The Labute approximate surface area is 148 Å². The normalized spacial score (nSPS) is 11.7. The largest absolute Gasteiger partial charge is 0.452 e. The second-order valence-electron chi connectivity index (χ2n) is 5.01. The second-order valence-corrected chi connectivity index (χ2v) is 5.85. The lowest BCUT2D eigenvalue weighted by molar-refractivity contribution is -0.152. The van der Waals surface area contributed by atoms with Crippen molar-refractivity contribution in [1.29, 1.82) is 0 Å².